The van der Waals surface area contributed by atoms with Gasteiger partial charge in [-0.2, -0.15) is 0 Å². The standard InChI is InChI=1S/C17H20N4O/c1-2-9-22-16-7-6-12(10-13(16)19)17-20-14(11-18)15-5-3-4-8-21(15)17/h3-8,10H,2,9,11,18-19H2,1H3. The van der Waals surface area contributed by atoms with Crippen molar-refractivity contribution < 1.29 is 4.74 Å². The van der Waals surface area contributed by atoms with Gasteiger partial charge in [-0.15, -0.1) is 0 Å². The van der Waals surface area contributed by atoms with Crippen molar-refractivity contribution in [2.24, 2.45) is 5.73 Å². The number of hydrogen-bond donors (Lipinski definition) is 2. The number of fused-ring (bicyclic) bond motifs is 1. The van der Waals surface area contributed by atoms with E-state index >= 15 is 0 Å². The molecule has 2 heterocycles. The van der Waals surface area contributed by atoms with Gasteiger partial charge in [0.25, 0.3) is 0 Å². The first-order valence-electron chi connectivity index (χ1n) is 7.43. The Morgan fingerprint density at radius 2 is 2.09 bits per heavy atom. The molecule has 0 fully saturated rings. The summed E-state index contributed by atoms with van der Waals surface area (Å²) in [5.41, 5.74) is 15.4. The first kappa shape index (κ1) is 14.4. The average molecular weight is 296 g/mol. The van der Waals surface area contributed by atoms with E-state index in [1.165, 1.54) is 0 Å². The molecule has 0 spiro atoms. The Kier molecular flexibility index (Phi) is 3.98. The molecule has 0 saturated heterocycles. The second kappa shape index (κ2) is 6.07. The number of nitrogens with zero attached hydrogens (tertiary/aromatic N) is 2. The minimum atomic E-state index is 0.403. The summed E-state index contributed by atoms with van der Waals surface area (Å²) in [7, 11) is 0. The van der Waals surface area contributed by atoms with Crippen molar-refractivity contribution in [2.45, 2.75) is 19.9 Å². The van der Waals surface area contributed by atoms with Crippen LogP contribution in [0.15, 0.2) is 42.6 Å². The van der Waals surface area contributed by atoms with Crippen molar-refractivity contribution in [3.05, 3.63) is 48.3 Å². The number of benzene rings is 1. The molecule has 3 aromatic rings. The number of nitrogens with two attached hydrogens (primary N) is 2. The van der Waals surface area contributed by atoms with E-state index < -0.39 is 0 Å². The molecule has 2 aromatic heterocycles. The van der Waals surface area contributed by atoms with E-state index in [1.54, 1.807) is 0 Å². The van der Waals surface area contributed by atoms with E-state index in [9.17, 15) is 0 Å². The number of ether oxygens (including phenoxy) is 1. The number of hydrogen-bond acceptors (Lipinski definition) is 4. The van der Waals surface area contributed by atoms with Crippen LogP contribution in [0.1, 0.15) is 19.0 Å². The Morgan fingerprint density at radius 3 is 2.82 bits per heavy atom. The summed E-state index contributed by atoms with van der Waals surface area (Å²) < 4.78 is 7.65. The number of anilines is 1. The summed E-state index contributed by atoms with van der Waals surface area (Å²) in [4.78, 5) is 4.65. The maximum Gasteiger partial charge on any atom is 0.144 e. The third-order valence-electron chi connectivity index (χ3n) is 3.55. The minimum Gasteiger partial charge on any atom is -0.491 e. The summed E-state index contributed by atoms with van der Waals surface area (Å²) in [6.45, 7) is 3.13. The molecule has 5 heteroatoms. The van der Waals surface area contributed by atoms with Crippen LogP contribution in [0, 0.1) is 0 Å². The normalized spacial score (nSPS) is 11.0. The lowest BCUT2D eigenvalue weighted by molar-refractivity contribution is 0.319. The Balaban J connectivity index is 2.06. The van der Waals surface area contributed by atoms with Crippen LogP contribution in [0.3, 0.4) is 0 Å². The lowest BCUT2D eigenvalue weighted by Gasteiger charge is -2.09. The molecular weight excluding hydrogens is 276 g/mol. The van der Waals surface area contributed by atoms with Crippen LogP contribution in [-0.4, -0.2) is 16.0 Å². The summed E-state index contributed by atoms with van der Waals surface area (Å²) >= 11 is 0. The summed E-state index contributed by atoms with van der Waals surface area (Å²) in [6, 6.07) is 11.7. The van der Waals surface area contributed by atoms with Crippen LogP contribution in [0.25, 0.3) is 16.9 Å². The topological polar surface area (TPSA) is 78.6 Å². The van der Waals surface area contributed by atoms with Gasteiger partial charge in [-0.3, -0.25) is 4.40 Å². The van der Waals surface area contributed by atoms with Crippen LogP contribution in [0.2, 0.25) is 0 Å². The zero-order valence-corrected chi connectivity index (χ0v) is 12.6. The van der Waals surface area contributed by atoms with Crippen molar-refractivity contribution in [3.63, 3.8) is 0 Å². The van der Waals surface area contributed by atoms with Gasteiger partial charge in [-0.1, -0.05) is 13.0 Å². The van der Waals surface area contributed by atoms with Crippen molar-refractivity contribution >= 4 is 11.2 Å². The number of aromatic nitrogens is 2. The number of nitrogen functional groups attached to an aromatic ring is 1. The highest BCUT2D eigenvalue weighted by Crippen LogP contribution is 2.29. The maximum atomic E-state index is 6.10. The highest BCUT2D eigenvalue weighted by Gasteiger charge is 2.12. The molecule has 4 N–H and O–H groups in total. The van der Waals surface area contributed by atoms with Crippen LogP contribution in [0.4, 0.5) is 5.69 Å². The monoisotopic (exact) mass is 296 g/mol. The fourth-order valence-electron chi connectivity index (χ4n) is 2.49. The lowest BCUT2D eigenvalue weighted by Crippen LogP contribution is -1.99. The Bertz CT molecular complexity index is 794. The van der Waals surface area contributed by atoms with Crippen molar-refractivity contribution in [2.75, 3.05) is 12.3 Å². The first-order chi connectivity index (χ1) is 10.7. The molecule has 22 heavy (non-hydrogen) atoms. The Hall–Kier alpha value is -2.53. The molecule has 0 unspecified atom stereocenters. The molecule has 0 aliphatic rings. The second-order valence-corrected chi connectivity index (χ2v) is 5.14. The Labute approximate surface area is 129 Å². The molecule has 114 valence electrons. The molecule has 5 nitrogen and oxygen atoms in total. The SMILES string of the molecule is CCCOc1ccc(-c2nc(CN)c3ccccn23)cc1N. The maximum absolute atomic E-state index is 6.10. The van der Waals surface area contributed by atoms with Gasteiger partial charge < -0.3 is 16.2 Å². The zero-order chi connectivity index (χ0) is 15.5. The van der Waals surface area contributed by atoms with E-state index in [0.717, 1.165) is 29.0 Å². The van der Waals surface area contributed by atoms with E-state index in [1.807, 2.05) is 47.0 Å². The largest absolute Gasteiger partial charge is 0.491 e. The van der Waals surface area contributed by atoms with E-state index in [0.29, 0.717) is 24.6 Å². The lowest BCUT2D eigenvalue weighted by atomic mass is 10.1. The molecule has 0 bridgehead atoms. The van der Waals surface area contributed by atoms with Gasteiger partial charge in [-0.05, 0) is 36.8 Å². The summed E-state index contributed by atoms with van der Waals surface area (Å²) in [5.74, 6) is 1.55. The van der Waals surface area contributed by atoms with Crippen LogP contribution in [-0.2, 0) is 6.54 Å². The zero-order valence-electron chi connectivity index (χ0n) is 12.6. The quantitative estimate of drug-likeness (QED) is 0.710. The molecule has 0 saturated carbocycles. The van der Waals surface area contributed by atoms with Gasteiger partial charge in [0, 0.05) is 18.3 Å². The van der Waals surface area contributed by atoms with Crippen molar-refractivity contribution in [3.8, 4) is 17.1 Å². The van der Waals surface area contributed by atoms with Crippen molar-refractivity contribution in [1.29, 1.82) is 0 Å². The number of rotatable bonds is 5. The molecule has 0 aliphatic carbocycles. The van der Waals surface area contributed by atoms with Gasteiger partial charge >= 0.3 is 0 Å². The molecular formula is C17H20N4O. The number of imidazole rings is 1. The third kappa shape index (κ3) is 2.51. The van der Waals surface area contributed by atoms with E-state index in [-0.39, 0.29) is 0 Å². The van der Waals surface area contributed by atoms with Gasteiger partial charge in [0.15, 0.2) is 0 Å². The summed E-state index contributed by atoms with van der Waals surface area (Å²) in [5, 5.41) is 0. The molecule has 1 aromatic carbocycles. The molecule has 0 aliphatic heterocycles. The minimum absolute atomic E-state index is 0.403. The summed E-state index contributed by atoms with van der Waals surface area (Å²) in [6.07, 6.45) is 2.93. The predicted octanol–water partition coefficient (Wildman–Crippen LogP) is 2.83. The molecule has 0 atom stereocenters. The fraction of sp³-hybridized carbons (Fsp3) is 0.235. The van der Waals surface area contributed by atoms with Gasteiger partial charge in [0.2, 0.25) is 0 Å². The van der Waals surface area contributed by atoms with E-state index in [4.69, 9.17) is 16.2 Å². The Morgan fingerprint density at radius 1 is 1.23 bits per heavy atom. The van der Waals surface area contributed by atoms with Crippen molar-refractivity contribution in [1.82, 2.24) is 9.38 Å². The highest BCUT2D eigenvalue weighted by atomic mass is 16.5. The highest BCUT2D eigenvalue weighted by molar-refractivity contribution is 5.70. The molecule has 3 rings (SSSR count). The van der Waals surface area contributed by atoms with Crippen LogP contribution >= 0.6 is 0 Å². The van der Waals surface area contributed by atoms with E-state index in [2.05, 4.69) is 11.9 Å². The van der Waals surface area contributed by atoms with Gasteiger partial charge in [-0.25, -0.2) is 4.98 Å². The van der Waals surface area contributed by atoms with Crippen LogP contribution in [0.5, 0.6) is 5.75 Å². The fourth-order valence-corrected chi connectivity index (χ4v) is 2.49. The first-order valence-corrected chi connectivity index (χ1v) is 7.43. The van der Waals surface area contributed by atoms with Gasteiger partial charge in [0.1, 0.15) is 11.6 Å². The van der Waals surface area contributed by atoms with Crippen LogP contribution < -0.4 is 16.2 Å². The van der Waals surface area contributed by atoms with Gasteiger partial charge in [0.05, 0.1) is 23.5 Å². The average Bonchev–Trinajstić information content (AvgIpc) is 2.92. The smallest absolute Gasteiger partial charge is 0.144 e. The third-order valence-corrected chi connectivity index (χ3v) is 3.55. The molecule has 0 amide bonds. The predicted molar refractivity (Wildman–Crippen MR) is 88.7 cm³/mol. The number of pyridine rings is 1. The second-order valence-electron chi connectivity index (χ2n) is 5.14. The molecule has 0 radical (unpaired) electrons.